The van der Waals surface area contributed by atoms with E-state index < -0.39 is 0 Å². The summed E-state index contributed by atoms with van der Waals surface area (Å²) in [5.41, 5.74) is 4.62. The predicted molar refractivity (Wildman–Crippen MR) is 69.9 cm³/mol. The average Bonchev–Trinajstić information content (AvgIpc) is 2.39. The maximum atomic E-state index is 5.80. The summed E-state index contributed by atoms with van der Waals surface area (Å²) in [6.45, 7) is 0.842. The Bertz CT molecular complexity index is 573. The van der Waals surface area contributed by atoms with Gasteiger partial charge in [-0.3, -0.25) is 4.99 Å². The van der Waals surface area contributed by atoms with E-state index in [1.54, 1.807) is 12.3 Å². The van der Waals surface area contributed by atoms with Gasteiger partial charge in [-0.1, -0.05) is 35.9 Å². The summed E-state index contributed by atoms with van der Waals surface area (Å²) >= 11 is 5.80. The minimum atomic E-state index is 0.512. The van der Waals surface area contributed by atoms with Crippen molar-refractivity contribution in [1.29, 1.82) is 0 Å². The lowest BCUT2D eigenvalue weighted by atomic mass is 9.94. The summed E-state index contributed by atoms with van der Waals surface area (Å²) in [5, 5.41) is 0.512. The number of halogens is 1. The highest BCUT2D eigenvalue weighted by Crippen LogP contribution is 2.20. The molecule has 3 rings (SSSR count). The van der Waals surface area contributed by atoms with Gasteiger partial charge in [-0.25, -0.2) is 4.98 Å². The molecule has 0 N–H and O–H groups in total. The van der Waals surface area contributed by atoms with Gasteiger partial charge < -0.3 is 0 Å². The van der Waals surface area contributed by atoms with Gasteiger partial charge in [-0.15, -0.1) is 0 Å². The molecule has 17 heavy (non-hydrogen) atoms. The van der Waals surface area contributed by atoms with Crippen LogP contribution in [0.2, 0.25) is 5.15 Å². The second kappa shape index (κ2) is 4.30. The topological polar surface area (TPSA) is 25.2 Å². The van der Waals surface area contributed by atoms with Crippen LogP contribution in [0.15, 0.2) is 47.6 Å². The molecule has 0 aliphatic carbocycles. The molecule has 84 valence electrons. The van der Waals surface area contributed by atoms with E-state index in [0.717, 1.165) is 24.2 Å². The van der Waals surface area contributed by atoms with Crippen LogP contribution in [0, 0.1) is 0 Å². The van der Waals surface area contributed by atoms with Crippen molar-refractivity contribution in [1.82, 2.24) is 4.98 Å². The lowest BCUT2D eigenvalue weighted by Crippen LogP contribution is -2.14. The Morgan fingerprint density at radius 2 is 1.94 bits per heavy atom. The molecule has 0 bridgehead atoms. The summed E-state index contributed by atoms with van der Waals surface area (Å²) in [4.78, 5) is 8.72. The summed E-state index contributed by atoms with van der Waals surface area (Å²) < 4.78 is 0. The van der Waals surface area contributed by atoms with Gasteiger partial charge in [-0.2, -0.15) is 0 Å². The highest BCUT2D eigenvalue weighted by molar-refractivity contribution is 6.29. The van der Waals surface area contributed by atoms with Crippen LogP contribution < -0.4 is 0 Å². The van der Waals surface area contributed by atoms with Gasteiger partial charge in [0.15, 0.2) is 0 Å². The maximum Gasteiger partial charge on any atom is 0.129 e. The molecule has 0 unspecified atom stereocenters. The first-order valence-electron chi connectivity index (χ1n) is 5.59. The third-order valence-electron chi connectivity index (χ3n) is 2.92. The van der Waals surface area contributed by atoms with E-state index in [2.05, 4.69) is 28.2 Å². The monoisotopic (exact) mass is 242 g/mol. The number of nitrogens with zero attached hydrogens (tertiary/aromatic N) is 2. The van der Waals surface area contributed by atoms with E-state index in [0.29, 0.717) is 5.15 Å². The molecule has 0 saturated carbocycles. The Morgan fingerprint density at radius 3 is 2.76 bits per heavy atom. The second-order valence-electron chi connectivity index (χ2n) is 4.01. The molecule has 2 heterocycles. The van der Waals surface area contributed by atoms with Gasteiger partial charge in [0.25, 0.3) is 0 Å². The zero-order valence-corrected chi connectivity index (χ0v) is 9.98. The quantitative estimate of drug-likeness (QED) is 0.706. The van der Waals surface area contributed by atoms with E-state index in [1.165, 1.54) is 11.1 Å². The van der Waals surface area contributed by atoms with Crippen LogP contribution in [0.25, 0.3) is 0 Å². The van der Waals surface area contributed by atoms with Gasteiger partial charge in [0.1, 0.15) is 5.15 Å². The van der Waals surface area contributed by atoms with E-state index in [9.17, 15) is 0 Å². The van der Waals surface area contributed by atoms with Crippen molar-refractivity contribution in [2.45, 2.75) is 6.42 Å². The number of benzene rings is 1. The van der Waals surface area contributed by atoms with Crippen molar-refractivity contribution in [3.8, 4) is 0 Å². The molecule has 2 nitrogen and oxygen atoms in total. The average molecular weight is 243 g/mol. The smallest absolute Gasteiger partial charge is 0.129 e. The third-order valence-corrected chi connectivity index (χ3v) is 3.15. The van der Waals surface area contributed by atoms with Gasteiger partial charge in [-0.05, 0) is 24.1 Å². The van der Waals surface area contributed by atoms with Crippen molar-refractivity contribution in [3.05, 3.63) is 64.4 Å². The Kier molecular flexibility index (Phi) is 2.65. The van der Waals surface area contributed by atoms with Gasteiger partial charge >= 0.3 is 0 Å². The molecule has 0 atom stereocenters. The van der Waals surface area contributed by atoms with Crippen LogP contribution in [-0.2, 0) is 6.42 Å². The van der Waals surface area contributed by atoms with Crippen molar-refractivity contribution in [2.75, 3.05) is 6.54 Å². The maximum absolute atomic E-state index is 5.80. The molecule has 0 spiro atoms. The molecule has 1 aromatic heterocycles. The first kappa shape index (κ1) is 10.5. The molecule has 2 aromatic rings. The SMILES string of the molecule is Clc1ccc(C2=NCCc3ccccc32)cn1. The van der Waals surface area contributed by atoms with Crippen LogP contribution in [0.3, 0.4) is 0 Å². The highest BCUT2D eigenvalue weighted by Gasteiger charge is 2.14. The molecular formula is C14H11ClN2. The second-order valence-corrected chi connectivity index (χ2v) is 4.39. The fourth-order valence-corrected chi connectivity index (χ4v) is 2.22. The first-order valence-corrected chi connectivity index (χ1v) is 5.97. The van der Waals surface area contributed by atoms with E-state index in [4.69, 9.17) is 11.6 Å². The summed E-state index contributed by atoms with van der Waals surface area (Å²) in [7, 11) is 0. The molecule has 3 heteroatoms. The molecule has 0 fully saturated rings. The van der Waals surface area contributed by atoms with E-state index in [1.807, 2.05) is 12.1 Å². The minimum Gasteiger partial charge on any atom is -0.284 e. The summed E-state index contributed by atoms with van der Waals surface area (Å²) in [6.07, 6.45) is 2.80. The Hall–Kier alpha value is -1.67. The lowest BCUT2D eigenvalue weighted by Gasteiger charge is -2.16. The molecule has 1 aromatic carbocycles. The fourth-order valence-electron chi connectivity index (χ4n) is 2.11. The number of rotatable bonds is 1. The van der Waals surface area contributed by atoms with Crippen LogP contribution in [-0.4, -0.2) is 17.2 Å². The molecular weight excluding hydrogens is 232 g/mol. The van der Waals surface area contributed by atoms with Crippen molar-refractivity contribution >= 4 is 17.3 Å². The van der Waals surface area contributed by atoms with Gasteiger partial charge in [0.2, 0.25) is 0 Å². The number of pyridine rings is 1. The zero-order chi connectivity index (χ0) is 11.7. The van der Waals surface area contributed by atoms with E-state index >= 15 is 0 Å². The van der Waals surface area contributed by atoms with Gasteiger partial charge in [0.05, 0.1) is 5.71 Å². The molecule has 0 amide bonds. The number of hydrogen-bond donors (Lipinski definition) is 0. The molecule has 0 radical (unpaired) electrons. The number of aromatic nitrogens is 1. The Morgan fingerprint density at radius 1 is 1.06 bits per heavy atom. The zero-order valence-electron chi connectivity index (χ0n) is 9.23. The largest absolute Gasteiger partial charge is 0.284 e. The lowest BCUT2D eigenvalue weighted by molar-refractivity contribution is 0.943. The van der Waals surface area contributed by atoms with Crippen LogP contribution in [0.4, 0.5) is 0 Å². The van der Waals surface area contributed by atoms with Gasteiger partial charge in [0, 0.05) is 23.9 Å². The molecule has 1 aliphatic rings. The van der Waals surface area contributed by atoms with Crippen LogP contribution in [0.1, 0.15) is 16.7 Å². The number of aliphatic imine (C=N–C) groups is 1. The van der Waals surface area contributed by atoms with Crippen molar-refractivity contribution in [2.24, 2.45) is 4.99 Å². The van der Waals surface area contributed by atoms with Crippen LogP contribution >= 0.6 is 11.6 Å². The first-order chi connectivity index (χ1) is 8.34. The summed E-state index contributed by atoms with van der Waals surface area (Å²) in [5.74, 6) is 0. The minimum absolute atomic E-state index is 0.512. The van der Waals surface area contributed by atoms with E-state index in [-0.39, 0.29) is 0 Å². The normalized spacial score (nSPS) is 14.1. The Labute approximate surface area is 105 Å². The number of fused-ring (bicyclic) bond motifs is 1. The summed E-state index contributed by atoms with van der Waals surface area (Å²) in [6, 6.07) is 12.2. The van der Waals surface area contributed by atoms with Crippen molar-refractivity contribution in [3.63, 3.8) is 0 Å². The molecule has 0 saturated heterocycles. The van der Waals surface area contributed by atoms with Crippen molar-refractivity contribution < 1.29 is 0 Å². The molecule has 1 aliphatic heterocycles. The Balaban J connectivity index is 2.09. The highest BCUT2D eigenvalue weighted by atomic mass is 35.5. The standard InChI is InChI=1S/C14H11ClN2/c15-13-6-5-11(9-17-13)14-12-4-2-1-3-10(12)7-8-16-14/h1-6,9H,7-8H2. The van der Waals surface area contributed by atoms with Crippen LogP contribution in [0.5, 0.6) is 0 Å². The number of hydrogen-bond acceptors (Lipinski definition) is 2. The fraction of sp³-hybridized carbons (Fsp3) is 0.143. The predicted octanol–water partition coefficient (Wildman–Crippen LogP) is 3.13. The third kappa shape index (κ3) is 1.96.